The molecule has 1 amide bonds. The summed E-state index contributed by atoms with van der Waals surface area (Å²) < 4.78 is 1.06. The minimum Gasteiger partial charge on any atom is -0.286 e. The zero-order valence-electron chi connectivity index (χ0n) is 12.4. The highest BCUT2D eigenvalue weighted by Gasteiger charge is 2.18. The first-order valence-electron chi connectivity index (χ1n) is 7.22. The van der Waals surface area contributed by atoms with Crippen LogP contribution in [0.1, 0.15) is 10.5 Å². The van der Waals surface area contributed by atoms with Crippen molar-refractivity contribution in [3.8, 4) is 0 Å². The smallest absolute Gasteiger partial charge is 0.278 e. The van der Waals surface area contributed by atoms with E-state index in [2.05, 4.69) is 9.97 Å². The lowest BCUT2D eigenvalue weighted by atomic mass is 10.2. The molecule has 0 aliphatic carbocycles. The Morgan fingerprint density at radius 3 is 2.48 bits per heavy atom. The highest BCUT2D eigenvalue weighted by atomic mass is 32.1. The molecule has 0 unspecified atom stereocenters. The maximum absolute atomic E-state index is 12.7. The maximum atomic E-state index is 12.7. The summed E-state index contributed by atoms with van der Waals surface area (Å²) in [6.45, 7) is 0. The molecule has 0 spiro atoms. The minimum absolute atomic E-state index is 0.158. The van der Waals surface area contributed by atoms with Gasteiger partial charge in [0.25, 0.3) is 5.91 Å². The van der Waals surface area contributed by atoms with E-state index in [1.54, 1.807) is 18.0 Å². The van der Waals surface area contributed by atoms with Crippen molar-refractivity contribution < 1.29 is 4.79 Å². The van der Waals surface area contributed by atoms with Crippen molar-refractivity contribution in [2.45, 2.75) is 0 Å². The van der Waals surface area contributed by atoms with Crippen molar-refractivity contribution >= 4 is 43.5 Å². The summed E-state index contributed by atoms with van der Waals surface area (Å²) in [6.07, 6.45) is 0. The Morgan fingerprint density at radius 1 is 0.913 bits per heavy atom. The molecule has 0 bridgehead atoms. The van der Waals surface area contributed by atoms with Gasteiger partial charge in [0.1, 0.15) is 5.69 Å². The van der Waals surface area contributed by atoms with E-state index in [0.29, 0.717) is 10.8 Å². The number of aromatic nitrogens is 2. The van der Waals surface area contributed by atoms with Crippen LogP contribution >= 0.6 is 11.3 Å². The summed E-state index contributed by atoms with van der Waals surface area (Å²) in [7, 11) is 1.73. The fraction of sp³-hybridized carbons (Fsp3) is 0.0556. The lowest BCUT2D eigenvalue weighted by molar-refractivity contribution is 0.0988. The van der Waals surface area contributed by atoms with E-state index in [-0.39, 0.29) is 5.91 Å². The molecule has 0 aliphatic rings. The molecule has 112 valence electrons. The first-order chi connectivity index (χ1) is 11.2. The predicted octanol–water partition coefficient (Wildman–Crippen LogP) is 4.12. The third-order valence-corrected chi connectivity index (χ3v) is 4.80. The first-order valence-corrected chi connectivity index (χ1v) is 8.03. The van der Waals surface area contributed by atoms with Crippen LogP contribution < -0.4 is 4.90 Å². The molecule has 4 aromatic rings. The SMILES string of the molecule is CN(C(=O)c1ccc2ccccc2n1)c1nc2ccccc2s1. The quantitative estimate of drug-likeness (QED) is 0.558. The number of carbonyl (C=O) groups excluding carboxylic acids is 1. The second kappa shape index (κ2) is 5.44. The van der Waals surface area contributed by atoms with Crippen LogP contribution in [0.5, 0.6) is 0 Å². The first kappa shape index (κ1) is 13.8. The number of fused-ring (bicyclic) bond motifs is 2. The van der Waals surface area contributed by atoms with E-state index in [0.717, 1.165) is 21.1 Å². The van der Waals surface area contributed by atoms with Crippen LogP contribution in [-0.2, 0) is 0 Å². The van der Waals surface area contributed by atoms with Crippen molar-refractivity contribution in [1.29, 1.82) is 0 Å². The molecule has 4 rings (SSSR count). The third-order valence-electron chi connectivity index (χ3n) is 3.69. The van der Waals surface area contributed by atoms with E-state index in [1.807, 2.05) is 54.6 Å². The predicted molar refractivity (Wildman–Crippen MR) is 94.1 cm³/mol. The lowest BCUT2D eigenvalue weighted by Crippen LogP contribution is -2.26. The molecule has 0 radical (unpaired) electrons. The van der Waals surface area contributed by atoms with Crippen LogP contribution in [-0.4, -0.2) is 22.9 Å². The van der Waals surface area contributed by atoms with E-state index in [1.165, 1.54) is 11.3 Å². The normalized spacial score (nSPS) is 11.0. The average molecular weight is 319 g/mol. The van der Waals surface area contributed by atoms with Crippen LogP contribution in [0, 0.1) is 0 Å². The Kier molecular flexibility index (Phi) is 3.28. The molecule has 23 heavy (non-hydrogen) atoms. The molecule has 0 atom stereocenters. The Bertz CT molecular complexity index is 992. The zero-order valence-corrected chi connectivity index (χ0v) is 13.2. The highest BCUT2D eigenvalue weighted by molar-refractivity contribution is 7.22. The number of thiazole rings is 1. The van der Waals surface area contributed by atoms with Gasteiger partial charge in [-0.2, -0.15) is 0 Å². The number of hydrogen-bond donors (Lipinski definition) is 0. The number of anilines is 1. The molecule has 0 saturated heterocycles. The molecule has 4 nitrogen and oxygen atoms in total. The fourth-order valence-corrected chi connectivity index (χ4v) is 3.37. The molecule has 0 fully saturated rings. The summed E-state index contributed by atoms with van der Waals surface area (Å²) in [5, 5.41) is 1.69. The van der Waals surface area contributed by atoms with Crippen molar-refractivity contribution in [3.63, 3.8) is 0 Å². The second-order valence-electron chi connectivity index (χ2n) is 5.22. The van der Waals surface area contributed by atoms with Crippen molar-refractivity contribution in [1.82, 2.24) is 9.97 Å². The number of rotatable bonds is 2. The fourth-order valence-electron chi connectivity index (χ4n) is 2.45. The topological polar surface area (TPSA) is 46.1 Å². The van der Waals surface area contributed by atoms with Crippen molar-refractivity contribution in [2.75, 3.05) is 11.9 Å². The van der Waals surface area contributed by atoms with E-state index in [9.17, 15) is 4.79 Å². The Morgan fingerprint density at radius 2 is 1.65 bits per heavy atom. The van der Waals surface area contributed by atoms with Gasteiger partial charge in [-0.05, 0) is 24.3 Å². The van der Waals surface area contributed by atoms with Crippen molar-refractivity contribution in [3.05, 3.63) is 66.4 Å². The maximum Gasteiger partial charge on any atom is 0.278 e. The van der Waals surface area contributed by atoms with E-state index < -0.39 is 0 Å². The summed E-state index contributed by atoms with van der Waals surface area (Å²) in [4.78, 5) is 23.2. The summed E-state index contributed by atoms with van der Waals surface area (Å²) in [5.41, 5.74) is 2.14. The standard InChI is InChI=1S/C18H13N3OS/c1-21(18-20-14-8-4-5-9-16(14)23-18)17(22)15-11-10-12-6-2-3-7-13(12)19-15/h2-11H,1H3. The Labute approximate surface area is 137 Å². The van der Waals surface area contributed by atoms with Gasteiger partial charge < -0.3 is 0 Å². The number of nitrogens with zero attached hydrogens (tertiary/aromatic N) is 3. The number of amides is 1. The number of benzene rings is 2. The van der Waals surface area contributed by atoms with Crippen molar-refractivity contribution in [2.24, 2.45) is 0 Å². The molecule has 2 heterocycles. The van der Waals surface area contributed by atoms with Gasteiger partial charge >= 0.3 is 0 Å². The van der Waals surface area contributed by atoms with Crippen LogP contribution in [0.3, 0.4) is 0 Å². The molecule has 5 heteroatoms. The lowest BCUT2D eigenvalue weighted by Gasteiger charge is -2.13. The van der Waals surface area contributed by atoms with Gasteiger partial charge in [0.05, 0.1) is 15.7 Å². The largest absolute Gasteiger partial charge is 0.286 e. The number of carbonyl (C=O) groups is 1. The van der Waals surface area contributed by atoms with Crippen LogP contribution in [0.4, 0.5) is 5.13 Å². The molecule has 2 aromatic carbocycles. The molecular formula is C18H13N3OS. The van der Waals surface area contributed by atoms with Gasteiger partial charge in [-0.3, -0.25) is 9.69 Å². The minimum atomic E-state index is -0.158. The molecule has 0 aliphatic heterocycles. The highest BCUT2D eigenvalue weighted by Crippen LogP contribution is 2.28. The number of hydrogen-bond acceptors (Lipinski definition) is 4. The van der Waals surface area contributed by atoms with E-state index >= 15 is 0 Å². The van der Waals surface area contributed by atoms with Gasteiger partial charge in [0, 0.05) is 12.4 Å². The monoisotopic (exact) mass is 319 g/mol. The third kappa shape index (κ3) is 2.45. The van der Waals surface area contributed by atoms with Gasteiger partial charge in [0.2, 0.25) is 0 Å². The average Bonchev–Trinajstić information content (AvgIpc) is 3.04. The Hall–Kier alpha value is -2.79. The second-order valence-corrected chi connectivity index (χ2v) is 6.23. The molecular weight excluding hydrogens is 306 g/mol. The van der Waals surface area contributed by atoms with Gasteiger partial charge in [0.15, 0.2) is 5.13 Å². The zero-order chi connectivity index (χ0) is 15.8. The number of para-hydroxylation sites is 2. The van der Waals surface area contributed by atoms with Gasteiger partial charge in [-0.1, -0.05) is 47.7 Å². The van der Waals surface area contributed by atoms with Crippen LogP contribution in [0.25, 0.3) is 21.1 Å². The summed E-state index contributed by atoms with van der Waals surface area (Å²) in [5.74, 6) is -0.158. The Balaban J connectivity index is 1.71. The van der Waals surface area contributed by atoms with Crippen LogP contribution in [0.15, 0.2) is 60.7 Å². The molecule has 0 saturated carbocycles. The van der Waals surface area contributed by atoms with E-state index in [4.69, 9.17) is 0 Å². The summed E-state index contributed by atoms with van der Waals surface area (Å²) in [6, 6.07) is 19.3. The molecule has 0 N–H and O–H groups in total. The van der Waals surface area contributed by atoms with Gasteiger partial charge in [-0.15, -0.1) is 0 Å². The molecule has 2 aromatic heterocycles. The summed E-state index contributed by atoms with van der Waals surface area (Å²) >= 11 is 1.50. The number of pyridine rings is 1. The van der Waals surface area contributed by atoms with Gasteiger partial charge in [-0.25, -0.2) is 9.97 Å². The van der Waals surface area contributed by atoms with Crippen LogP contribution in [0.2, 0.25) is 0 Å².